The van der Waals surface area contributed by atoms with E-state index >= 15 is 0 Å². The number of nitro groups is 1. The molecule has 0 N–H and O–H groups in total. The Labute approximate surface area is 161 Å². The summed E-state index contributed by atoms with van der Waals surface area (Å²) in [5.41, 5.74) is 0.812. The van der Waals surface area contributed by atoms with Gasteiger partial charge in [-0.2, -0.15) is 0 Å². The lowest BCUT2D eigenvalue weighted by Gasteiger charge is -2.20. The van der Waals surface area contributed by atoms with Gasteiger partial charge in [-0.25, -0.2) is 4.39 Å². The van der Waals surface area contributed by atoms with Crippen LogP contribution in [-0.4, -0.2) is 35.9 Å². The lowest BCUT2D eigenvalue weighted by atomic mass is 10.1. The van der Waals surface area contributed by atoms with E-state index in [9.17, 15) is 19.3 Å². The van der Waals surface area contributed by atoms with E-state index in [1.54, 1.807) is 18.2 Å². The molecule has 0 radical (unpaired) electrons. The van der Waals surface area contributed by atoms with Crippen molar-refractivity contribution in [3.05, 3.63) is 68.5 Å². The summed E-state index contributed by atoms with van der Waals surface area (Å²) in [7, 11) is 1.51. The number of carbonyl (C=O) groups excluding carboxylic acids is 1. The average molecular weight is 392 g/mol. The molecule has 0 atom stereocenters. The Kier molecular flexibility index (Phi) is 5.60. The van der Waals surface area contributed by atoms with Crippen molar-refractivity contribution >= 4 is 28.9 Å². The van der Waals surface area contributed by atoms with E-state index < -0.39 is 16.6 Å². The number of nitrogens with zero attached hydrogens (tertiary/aromatic N) is 3. The Morgan fingerprint density at radius 3 is 2.63 bits per heavy atom. The highest BCUT2D eigenvalue weighted by Crippen LogP contribution is 2.32. The van der Waals surface area contributed by atoms with Crippen LogP contribution in [0.2, 0.25) is 5.02 Å². The highest BCUT2D eigenvalue weighted by atomic mass is 35.5. The van der Waals surface area contributed by atoms with Crippen molar-refractivity contribution in [1.82, 2.24) is 4.90 Å². The monoisotopic (exact) mass is 391 g/mol. The molecule has 0 spiro atoms. The number of amides is 1. The second-order valence-corrected chi connectivity index (χ2v) is 6.92. The van der Waals surface area contributed by atoms with E-state index in [-0.39, 0.29) is 28.4 Å². The van der Waals surface area contributed by atoms with E-state index in [1.807, 2.05) is 4.90 Å². The minimum Gasteiger partial charge on any atom is -0.366 e. The number of halogens is 2. The van der Waals surface area contributed by atoms with Crippen molar-refractivity contribution in [2.24, 2.45) is 0 Å². The number of hydrogen-bond acceptors (Lipinski definition) is 4. The van der Waals surface area contributed by atoms with Crippen LogP contribution in [-0.2, 0) is 6.54 Å². The molecule has 6 nitrogen and oxygen atoms in total. The van der Waals surface area contributed by atoms with E-state index in [4.69, 9.17) is 11.6 Å². The van der Waals surface area contributed by atoms with Gasteiger partial charge in [0.15, 0.2) is 0 Å². The van der Waals surface area contributed by atoms with Gasteiger partial charge in [-0.05, 0) is 37.1 Å². The van der Waals surface area contributed by atoms with Crippen molar-refractivity contribution in [1.29, 1.82) is 0 Å². The molecule has 27 heavy (non-hydrogen) atoms. The molecule has 1 amide bonds. The normalized spacial score (nSPS) is 13.7. The Hall–Kier alpha value is -2.67. The number of hydrogen-bond donors (Lipinski definition) is 0. The summed E-state index contributed by atoms with van der Waals surface area (Å²) in [6.45, 7) is 1.49. The molecule has 0 aliphatic carbocycles. The minimum absolute atomic E-state index is 0.0357. The molecule has 0 aromatic heterocycles. The van der Waals surface area contributed by atoms with Gasteiger partial charge in [0.05, 0.1) is 4.92 Å². The fourth-order valence-corrected chi connectivity index (χ4v) is 3.46. The van der Waals surface area contributed by atoms with Crippen LogP contribution in [0.25, 0.3) is 0 Å². The van der Waals surface area contributed by atoms with E-state index in [0.29, 0.717) is 5.69 Å². The maximum absolute atomic E-state index is 14.0. The van der Waals surface area contributed by atoms with Crippen molar-refractivity contribution in [2.75, 3.05) is 25.0 Å². The first kappa shape index (κ1) is 19.1. The van der Waals surface area contributed by atoms with E-state index in [2.05, 4.69) is 0 Å². The number of nitro benzene ring substituents is 1. The van der Waals surface area contributed by atoms with Crippen LogP contribution < -0.4 is 4.90 Å². The first-order chi connectivity index (χ1) is 12.9. The molecule has 0 unspecified atom stereocenters. The Bertz CT molecular complexity index is 864. The van der Waals surface area contributed by atoms with Crippen LogP contribution in [0.1, 0.15) is 28.8 Å². The summed E-state index contributed by atoms with van der Waals surface area (Å²) in [5.74, 6) is -0.942. The third-order valence-electron chi connectivity index (χ3n) is 4.67. The number of anilines is 1. The molecular formula is C19H19ClFN3O3. The van der Waals surface area contributed by atoms with Gasteiger partial charge in [0.1, 0.15) is 11.5 Å². The summed E-state index contributed by atoms with van der Waals surface area (Å²) < 4.78 is 14.0. The molecule has 3 rings (SSSR count). The Morgan fingerprint density at radius 1 is 1.30 bits per heavy atom. The van der Waals surface area contributed by atoms with Gasteiger partial charge < -0.3 is 9.80 Å². The second kappa shape index (κ2) is 7.92. The summed E-state index contributed by atoms with van der Waals surface area (Å²) in [6.07, 6.45) is 1.98. The summed E-state index contributed by atoms with van der Waals surface area (Å²) in [5, 5.41) is 11.7. The molecule has 0 saturated carbocycles. The summed E-state index contributed by atoms with van der Waals surface area (Å²) in [6, 6.07) is 8.78. The van der Waals surface area contributed by atoms with Crippen LogP contribution in [0.3, 0.4) is 0 Å². The number of rotatable bonds is 5. The quantitative estimate of drug-likeness (QED) is 0.564. The SMILES string of the molecule is CN(Cc1c(F)cccc1Cl)C(=O)c1ccc(N2CCCC2)c([N+](=O)[O-])c1. The van der Waals surface area contributed by atoms with Crippen molar-refractivity contribution in [3.8, 4) is 0 Å². The molecule has 8 heteroatoms. The lowest BCUT2D eigenvalue weighted by molar-refractivity contribution is -0.384. The molecule has 0 bridgehead atoms. The fourth-order valence-electron chi connectivity index (χ4n) is 3.24. The molecule has 1 aliphatic heterocycles. The van der Waals surface area contributed by atoms with Crippen LogP contribution in [0.4, 0.5) is 15.8 Å². The van der Waals surface area contributed by atoms with Crippen molar-refractivity contribution < 1.29 is 14.1 Å². The van der Waals surface area contributed by atoms with Gasteiger partial charge in [0, 0.05) is 48.9 Å². The van der Waals surface area contributed by atoms with Gasteiger partial charge in [-0.15, -0.1) is 0 Å². The highest BCUT2D eigenvalue weighted by Gasteiger charge is 2.25. The molecule has 1 aliphatic rings. The zero-order chi connectivity index (χ0) is 19.6. The largest absolute Gasteiger partial charge is 0.366 e. The third-order valence-corrected chi connectivity index (χ3v) is 5.02. The van der Waals surface area contributed by atoms with Gasteiger partial charge in [0.2, 0.25) is 0 Å². The fraction of sp³-hybridized carbons (Fsp3) is 0.316. The zero-order valence-electron chi connectivity index (χ0n) is 14.8. The van der Waals surface area contributed by atoms with Crippen LogP contribution in [0.15, 0.2) is 36.4 Å². The molecule has 2 aromatic rings. The second-order valence-electron chi connectivity index (χ2n) is 6.52. The number of benzene rings is 2. The van der Waals surface area contributed by atoms with Crippen molar-refractivity contribution in [3.63, 3.8) is 0 Å². The standard InChI is InChI=1S/C19H19ClFN3O3/c1-22(12-14-15(20)5-4-6-16(14)21)19(25)13-7-8-17(18(11-13)24(26)27)23-9-2-3-10-23/h4-8,11H,2-3,9-10,12H2,1H3. The van der Waals surface area contributed by atoms with E-state index in [0.717, 1.165) is 25.9 Å². The van der Waals surface area contributed by atoms with Crippen LogP contribution >= 0.6 is 11.6 Å². The maximum Gasteiger partial charge on any atom is 0.293 e. The molecule has 1 fully saturated rings. The lowest BCUT2D eigenvalue weighted by Crippen LogP contribution is -2.27. The molecular weight excluding hydrogens is 373 g/mol. The van der Waals surface area contributed by atoms with Gasteiger partial charge in [-0.1, -0.05) is 17.7 Å². The van der Waals surface area contributed by atoms with Gasteiger partial charge in [0.25, 0.3) is 11.6 Å². The topological polar surface area (TPSA) is 66.7 Å². The molecule has 1 heterocycles. The summed E-state index contributed by atoms with van der Waals surface area (Å²) >= 11 is 6.01. The van der Waals surface area contributed by atoms with Crippen LogP contribution in [0, 0.1) is 15.9 Å². The average Bonchev–Trinajstić information content (AvgIpc) is 3.18. The first-order valence-electron chi connectivity index (χ1n) is 8.60. The number of carbonyl (C=O) groups is 1. The molecule has 2 aromatic carbocycles. The zero-order valence-corrected chi connectivity index (χ0v) is 15.6. The third kappa shape index (κ3) is 4.03. The molecule has 142 valence electrons. The predicted molar refractivity (Wildman–Crippen MR) is 102 cm³/mol. The minimum atomic E-state index is -0.502. The summed E-state index contributed by atoms with van der Waals surface area (Å²) in [4.78, 5) is 27.0. The first-order valence-corrected chi connectivity index (χ1v) is 8.98. The Balaban J connectivity index is 1.85. The smallest absolute Gasteiger partial charge is 0.293 e. The van der Waals surface area contributed by atoms with E-state index in [1.165, 1.54) is 30.1 Å². The van der Waals surface area contributed by atoms with Crippen molar-refractivity contribution in [2.45, 2.75) is 19.4 Å². The van der Waals surface area contributed by atoms with Gasteiger partial charge in [-0.3, -0.25) is 14.9 Å². The maximum atomic E-state index is 14.0. The van der Waals surface area contributed by atoms with Gasteiger partial charge >= 0.3 is 0 Å². The predicted octanol–water partition coefficient (Wildman–Crippen LogP) is 4.26. The molecule has 1 saturated heterocycles. The van der Waals surface area contributed by atoms with Crippen LogP contribution in [0.5, 0.6) is 0 Å². The highest BCUT2D eigenvalue weighted by molar-refractivity contribution is 6.31. The Morgan fingerprint density at radius 2 is 2.00 bits per heavy atom.